The van der Waals surface area contributed by atoms with Gasteiger partial charge in [0, 0.05) is 13.5 Å². The van der Waals surface area contributed by atoms with Crippen LogP contribution in [-0.2, 0) is 16.0 Å². The van der Waals surface area contributed by atoms with Gasteiger partial charge in [0.25, 0.3) is 0 Å². The van der Waals surface area contributed by atoms with Gasteiger partial charge in [-0.05, 0) is 23.1 Å². The Hall–Kier alpha value is -2.82. The molecule has 5 heteroatoms. The minimum Gasteiger partial charge on any atom is -0.491 e. The number of amides is 2. The van der Waals surface area contributed by atoms with E-state index in [9.17, 15) is 9.59 Å². The summed E-state index contributed by atoms with van der Waals surface area (Å²) < 4.78 is 5.99. The predicted octanol–water partition coefficient (Wildman–Crippen LogP) is 3.10. The predicted molar refractivity (Wildman–Crippen MR) is 109 cm³/mol. The molecule has 0 unspecified atom stereocenters. The van der Waals surface area contributed by atoms with Crippen molar-refractivity contribution in [3.05, 3.63) is 65.7 Å². The van der Waals surface area contributed by atoms with Gasteiger partial charge in [-0.15, -0.1) is 0 Å². The molecule has 1 atom stereocenters. The van der Waals surface area contributed by atoms with Crippen LogP contribution < -0.4 is 4.74 Å². The fourth-order valence-electron chi connectivity index (χ4n) is 3.59. The van der Waals surface area contributed by atoms with E-state index < -0.39 is 6.04 Å². The first kappa shape index (κ1) is 19.9. The first-order valence-electron chi connectivity index (χ1n) is 9.77. The monoisotopic (exact) mass is 380 g/mol. The van der Waals surface area contributed by atoms with Crippen molar-refractivity contribution in [2.45, 2.75) is 32.2 Å². The zero-order valence-electron chi connectivity index (χ0n) is 16.8. The molecule has 2 amide bonds. The number of likely N-dealkylation sites (N-methyl/N-ethyl adjacent to an activating group) is 1. The molecule has 2 aromatic rings. The average molecular weight is 380 g/mol. The van der Waals surface area contributed by atoms with Crippen molar-refractivity contribution in [2.75, 3.05) is 26.7 Å². The summed E-state index contributed by atoms with van der Waals surface area (Å²) in [7, 11) is 1.69. The lowest BCUT2D eigenvalue weighted by Crippen LogP contribution is -2.60. The largest absolute Gasteiger partial charge is 0.491 e. The van der Waals surface area contributed by atoms with Crippen molar-refractivity contribution in [2.24, 2.45) is 0 Å². The number of carbonyl (C=O) groups is 2. The van der Waals surface area contributed by atoms with Gasteiger partial charge in [0.15, 0.2) is 0 Å². The summed E-state index contributed by atoms with van der Waals surface area (Å²) in [6.07, 6.45) is 0.512. The fraction of sp³-hybridized carbons (Fsp3) is 0.391. The number of hydrogen-bond acceptors (Lipinski definition) is 3. The second kappa shape index (κ2) is 8.91. The molecule has 0 radical (unpaired) electrons. The molecule has 1 aliphatic rings. The highest BCUT2D eigenvalue weighted by molar-refractivity contribution is 5.94. The normalized spacial score (nSPS) is 17.4. The molecule has 148 valence electrons. The summed E-state index contributed by atoms with van der Waals surface area (Å²) in [5, 5.41) is 0. The summed E-state index contributed by atoms with van der Waals surface area (Å²) in [6.45, 7) is 5.12. The molecule has 0 N–H and O–H groups in total. The molecule has 0 aliphatic carbocycles. The smallest absolute Gasteiger partial charge is 0.245 e. The van der Waals surface area contributed by atoms with Crippen LogP contribution in [0.4, 0.5) is 0 Å². The highest BCUT2D eigenvalue weighted by Gasteiger charge is 2.37. The van der Waals surface area contributed by atoms with Crippen molar-refractivity contribution >= 4 is 11.8 Å². The van der Waals surface area contributed by atoms with E-state index in [1.165, 1.54) is 4.90 Å². The Kier molecular flexibility index (Phi) is 6.34. The molecular formula is C23H28N2O3. The molecule has 2 aromatic carbocycles. The van der Waals surface area contributed by atoms with Crippen LogP contribution in [0.15, 0.2) is 54.6 Å². The number of hydrogen-bond donors (Lipinski definition) is 0. The number of benzene rings is 2. The zero-order valence-corrected chi connectivity index (χ0v) is 16.8. The fourth-order valence-corrected chi connectivity index (χ4v) is 3.59. The van der Waals surface area contributed by atoms with Crippen molar-refractivity contribution < 1.29 is 14.3 Å². The molecular weight excluding hydrogens is 352 g/mol. The van der Waals surface area contributed by atoms with E-state index in [1.54, 1.807) is 11.9 Å². The average Bonchev–Trinajstić information content (AvgIpc) is 2.69. The third kappa shape index (κ3) is 4.53. The van der Waals surface area contributed by atoms with Crippen molar-refractivity contribution in [1.29, 1.82) is 0 Å². The lowest BCUT2D eigenvalue weighted by molar-refractivity contribution is -0.154. The van der Waals surface area contributed by atoms with E-state index in [-0.39, 0.29) is 18.4 Å². The number of rotatable bonds is 7. The van der Waals surface area contributed by atoms with E-state index in [1.807, 2.05) is 48.5 Å². The molecule has 0 bridgehead atoms. The maximum atomic E-state index is 12.8. The van der Waals surface area contributed by atoms with Crippen LogP contribution in [-0.4, -0.2) is 54.4 Å². The minimum absolute atomic E-state index is 0.0222. The van der Waals surface area contributed by atoms with Gasteiger partial charge in [-0.3, -0.25) is 9.59 Å². The Morgan fingerprint density at radius 1 is 1.04 bits per heavy atom. The Balaban J connectivity index is 1.71. The molecule has 5 nitrogen and oxygen atoms in total. The highest BCUT2D eigenvalue weighted by atomic mass is 16.5. The number of piperazine rings is 1. The lowest BCUT2D eigenvalue weighted by Gasteiger charge is -2.39. The number of nitrogens with zero attached hydrogens (tertiary/aromatic N) is 2. The summed E-state index contributed by atoms with van der Waals surface area (Å²) in [5.74, 6) is 1.13. The summed E-state index contributed by atoms with van der Waals surface area (Å²) >= 11 is 0. The maximum Gasteiger partial charge on any atom is 0.245 e. The van der Waals surface area contributed by atoms with Crippen LogP contribution in [0.5, 0.6) is 5.75 Å². The van der Waals surface area contributed by atoms with Crippen molar-refractivity contribution in [3.63, 3.8) is 0 Å². The lowest BCUT2D eigenvalue weighted by atomic mass is 10.0. The second-order valence-electron chi connectivity index (χ2n) is 7.53. The van der Waals surface area contributed by atoms with Gasteiger partial charge in [0.05, 0.1) is 13.1 Å². The Labute approximate surface area is 166 Å². The van der Waals surface area contributed by atoms with Crippen LogP contribution in [0.3, 0.4) is 0 Å². The molecule has 0 aromatic heterocycles. The van der Waals surface area contributed by atoms with Gasteiger partial charge in [-0.1, -0.05) is 62.4 Å². The van der Waals surface area contributed by atoms with E-state index in [0.29, 0.717) is 25.5 Å². The second-order valence-corrected chi connectivity index (χ2v) is 7.53. The maximum absolute atomic E-state index is 12.8. The molecule has 0 spiro atoms. The Bertz CT molecular complexity index is 820. The van der Waals surface area contributed by atoms with E-state index in [2.05, 4.69) is 19.9 Å². The SMILES string of the molecule is CC(C)c1ccccc1OCCN1C(=O)CN(C)C(=O)[C@@H]1Cc1ccccc1. The minimum atomic E-state index is -0.488. The molecule has 0 saturated carbocycles. The van der Waals surface area contributed by atoms with Crippen molar-refractivity contribution in [1.82, 2.24) is 9.80 Å². The van der Waals surface area contributed by atoms with Gasteiger partial charge >= 0.3 is 0 Å². The number of ether oxygens (including phenoxy) is 1. The Morgan fingerprint density at radius 3 is 2.43 bits per heavy atom. The first-order valence-corrected chi connectivity index (χ1v) is 9.77. The van der Waals surface area contributed by atoms with Crippen LogP contribution in [0.2, 0.25) is 0 Å². The van der Waals surface area contributed by atoms with Crippen LogP contribution >= 0.6 is 0 Å². The standard InChI is InChI=1S/C23H28N2O3/c1-17(2)19-11-7-8-12-21(19)28-14-13-25-20(15-18-9-5-4-6-10-18)23(27)24(3)16-22(25)26/h4-12,17,20H,13-16H2,1-3H3/t20-/m0/s1. The summed E-state index contributed by atoms with van der Waals surface area (Å²) in [5.41, 5.74) is 2.18. The number of para-hydroxylation sites is 1. The van der Waals surface area contributed by atoms with E-state index >= 15 is 0 Å². The van der Waals surface area contributed by atoms with Gasteiger partial charge in [-0.25, -0.2) is 0 Å². The first-order chi connectivity index (χ1) is 13.5. The van der Waals surface area contributed by atoms with Crippen molar-refractivity contribution in [3.8, 4) is 5.75 Å². The van der Waals surface area contributed by atoms with Crippen LogP contribution in [0, 0.1) is 0 Å². The molecule has 28 heavy (non-hydrogen) atoms. The van der Waals surface area contributed by atoms with Gasteiger partial charge in [0.1, 0.15) is 18.4 Å². The van der Waals surface area contributed by atoms with E-state index in [0.717, 1.165) is 16.9 Å². The summed E-state index contributed by atoms with van der Waals surface area (Å²) in [6, 6.07) is 17.3. The molecule has 1 fully saturated rings. The molecule has 1 heterocycles. The van der Waals surface area contributed by atoms with E-state index in [4.69, 9.17) is 4.74 Å². The molecule has 3 rings (SSSR count). The third-order valence-electron chi connectivity index (χ3n) is 5.13. The topological polar surface area (TPSA) is 49.9 Å². The van der Waals surface area contributed by atoms with Crippen LogP contribution in [0.25, 0.3) is 0 Å². The Morgan fingerprint density at radius 2 is 1.71 bits per heavy atom. The van der Waals surface area contributed by atoms with Gasteiger partial charge in [-0.2, -0.15) is 0 Å². The number of carbonyl (C=O) groups excluding carboxylic acids is 2. The van der Waals surface area contributed by atoms with Crippen LogP contribution in [0.1, 0.15) is 30.9 Å². The zero-order chi connectivity index (χ0) is 20.1. The molecule has 1 saturated heterocycles. The highest BCUT2D eigenvalue weighted by Crippen LogP contribution is 2.26. The molecule has 1 aliphatic heterocycles. The third-order valence-corrected chi connectivity index (χ3v) is 5.13. The van der Waals surface area contributed by atoms with Gasteiger partial charge in [0.2, 0.25) is 11.8 Å². The van der Waals surface area contributed by atoms with Gasteiger partial charge < -0.3 is 14.5 Å². The quantitative estimate of drug-likeness (QED) is 0.742. The summed E-state index contributed by atoms with van der Waals surface area (Å²) in [4.78, 5) is 28.6.